The van der Waals surface area contributed by atoms with E-state index in [0.29, 0.717) is 12.1 Å². The Balaban J connectivity index is 2.29. The molecule has 0 saturated carbocycles. The number of rotatable bonds is 4. The average Bonchev–Trinajstić information content (AvgIpc) is 2.68. The Hall–Kier alpha value is -2.51. The second-order valence-corrected chi connectivity index (χ2v) is 4.27. The lowest BCUT2D eigenvalue weighted by molar-refractivity contribution is -0.384. The minimum atomic E-state index is -1.00. The number of nitro benzene ring substituents is 1. The molecule has 0 aliphatic carbocycles. The van der Waals surface area contributed by atoms with Crippen molar-refractivity contribution in [2.45, 2.75) is 13.5 Å². The zero-order chi connectivity index (χ0) is 14.9. The van der Waals surface area contributed by atoms with Crippen LogP contribution in [0.4, 0.5) is 20.2 Å². The van der Waals surface area contributed by atoms with Crippen molar-refractivity contribution < 1.29 is 13.7 Å². The van der Waals surface area contributed by atoms with Crippen molar-refractivity contribution in [2.24, 2.45) is 7.05 Å². The molecule has 1 N–H and O–H groups in total. The van der Waals surface area contributed by atoms with Crippen molar-refractivity contribution in [3.8, 4) is 0 Å². The number of nitrogens with one attached hydrogen (secondary N) is 1. The van der Waals surface area contributed by atoms with Crippen LogP contribution in [-0.2, 0) is 13.6 Å². The first kappa shape index (κ1) is 13.9. The third-order valence-electron chi connectivity index (χ3n) is 3.02. The number of hydrogen-bond donors (Lipinski definition) is 1. The quantitative estimate of drug-likeness (QED) is 0.690. The molecular formula is C12H12F2N4O2. The van der Waals surface area contributed by atoms with E-state index >= 15 is 0 Å². The highest BCUT2D eigenvalue weighted by Gasteiger charge is 2.20. The summed E-state index contributed by atoms with van der Waals surface area (Å²) in [5.74, 6) is -1.99. The molecule has 0 bridgehead atoms. The van der Waals surface area contributed by atoms with Gasteiger partial charge < -0.3 is 5.32 Å². The topological polar surface area (TPSA) is 73.0 Å². The van der Waals surface area contributed by atoms with Crippen molar-refractivity contribution in [2.75, 3.05) is 5.32 Å². The van der Waals surface area contributed by atoms with Gasteiger partial charge in [-0.25, -0.2) is 8.78 Å². The fourth-order valence-corrected chi connectivity index (χ4v) is 1.78. The van der Waals surface area contributed by atoms with Crippen molar-refractivity contribution in [3.63, 3.8) is 0 Å². The summed E-state index contributed by atoms with van der Waals surface area (Å²) < 4.78 is 28.3. The van der Waals surface area contributed by atoms with E-state index in [0.717, 1.165) is 11.3 Å². The lowest BCUT2D eigenvalue weighted by atomic mass is 10.2. The van der Waals surface area contributed by atoms with Gasteiger partial charge in [-0.1, -0.05) is 0 Å². The summed E-state index contributed by atoms with van der Waals surface area (Å²) >= 11 is 0. The molecule has 0 amide bonds. The Morgan fingerprint density at radius 1 is 1.45 bits per heavy atom. The minimum Gasteiger partial charge on any atom is -0.373 e. The molecule has 1 aromatic heterocycles. The van der Waals surface area contributed by atoms with E-state index in [1.807, 2.05) is 6.92 Å². The van der Waals surface area contributed by atoms with E-state index in [1.54, 1.807) is 17.9 Å². The Morgan fingerprint density at radius 2 is 2.15 bits per heavy atom. The summed E-state index contributed by atoms with van der Waals surface area (Å²) in [7, 11) is 1.75. The van der Waals surface area contributed by atoms with Crippen molar-refractivity contribution in [1.82, 2.24) is 9.78 Å². The molecule has 1 aromatic carbocycles. The van der Waals surface area contributed by atoms with Gasteiger partial charge in [0.15, 0.2) is 5.82 Å². The number of aryl methyl sites for hydroxylation is 1. The van der Waals surface area contributed by atoms with E-state index in [-0.39, 0.29) is 12.2 Å². The largest absolute Gasteiger partial charge is 0.373 e. The van der Waals surface area contributed by atoms with Crippen LogP contribution < -0.4 is 5.32 Å². The van der Waals surface area contributed by atoms with Gasteiger partial charge in [0.1, 0.15) is 11.5 Å². The average molecular weight is 282 g/mol. The summed E-state index contributed by atoms with van der Waals surface area (Å²) in [4.78, 5) is 10.00. The zero-order valence-electron chi connectivity index (χ0n) is 10.9. The molecule has 1 heterocycles. The standard InChI is InChI=1S/C12H12F2N4O2/c1-7-8(6-16-17(7)2)5-15-12-10(14)3-9(13)4-11(12)18(19)20/h3-4,6,15H,5H2,1-2H3. The van der Waals surface area contributed by atoms with Crippen LogP contribution in [0.3, 0.4) is 0 Å². The highest BCUT2D eigenvalue weighted by Crippen LogP contribution is 2.29. The van der Waals surface area contributed by atoms with Crippen molar-refractivity contribution in [1.29, 1.82) is 0 Å². The van der Waals surface area contributed by atoms with Crippen LogP contribution in [0, 0.1) is 28.7 Å². The first-order valence-electron chi connectivity index (χ1n) is 5.75. The second-order valence-electron chi connectivity index (χ2n) is 4.27. The first-order valence-corrected chi connectivity index (χ1v) is 5.75. The smallest absolute Gasteiger partial charge is 0.298 e. The predicted octanol–water partition coefficient (Wildman–Crippen LogP) is 2.53. The Morgan fingerprint density at radius 3 is 2.70 bits per heavy atom. The van der Waals surface area contributed by atoms with Gasteiger partial charge in [0, 0.05) is 30.9 Å². The van der Waals surface area contributed by atoms with Gasteiger partial charge >= 0.3 is 0 Å². The number of nitro groups is 1. The third kappa shape index (κ3) is 2.58. The summed E-state index contributed by atoms with van der Waals surface area (Å²) in [5.41, 5.74) is 0.650. The van der Waals surface area contributed by atoms with E-state index in [9.17, 15) is 18.9 Å². The van der Waals surface area contributed by atoms with Crippen LogP contribution in [0.15, 0.2) is 18.3 Å². The molecule has 8 heteroatoms. The van der Waals surface area contributed by atoms with Crippen LogP contribution in [0.1, 0.15) is 11.3 Å². The maximum absolute atomic E-state index is 13.7. The van der Waals surface area contributed by atoms with Crippen LogP contribution >= 0.6 is 0 Å². The number of aromatic nitrogens is 2. The lowest BCUT2D eigenvalue weighted by Crippen LogP contribution is -2.06. The molecule has 0 aliphatic heterocycles. The van der Waals surface area contributed by atoms with Gasteiger partial charge in [0.25, 0.3) is 5.69 Å². The van der Waals surface area contributed by atoms with Crippen molar-refractivity contribution >= 4 is 11.4 Å². The molecule has 2 rings (SSSR count). The number of halogens is 2. The van der Waals surface area contributed by atoms with Crippen LogP contribution in [0.2, 0.25) is 0 Å². The van der Waals surface area contributed by atoms with E-state index in [2.05, 4.69) is 10.4 Å². The summed E-state index contributed by atoms with van der Waals surface area (Å²) in [6.45, 7) is 1.97. The maximum Gasteiger partial charge on any atom is 0.298 e. The predicted molar refractivity (Wildman–Crippen MR) is 68.3 cm³/mol. The molecule has 0 atom stereocenters. The van der Waals surface area contributed by atoms with Gasteiger partial charge in [-0.2, -0.15) is 5.10 Å². The summed E-state index contributed by atoms with van der Waals surface area (Å²) in [5, 5.41) is 17.5. The van der Waals surface area contributed by atoms with Gasteiger partial charge in [0.05, 0.1) is 17.2 Å². The monoisotopic (exact) mass is 282 g/mol. The SMILES string of the molecule is Cc1c(CNc2c(F)cc(F)cc2[N+](=O)[O-])cnn1C. The fraction of sp³-hybridized carbons (Fsp3) is 0.250. The van der Waals surface area contributed by atoms with Crippen molar-refractivity contribution in [3.05, 3.63) is 51.3 Å². The minimum absolute atomic E-state index is 0.156. The van der Waals surface area contributed by atoms with Gasteiger partial charge in [-0.15, -0.1) is 0 Å². The first-order chi connectivity index (χ1) is 9.40. The van der Waals surface area contributed by atoms with Gasteiger partial charge in [0.2, 0.25) is 0 Å². The van der Waals surface area contributed by atoms with E-state index in [4.69, 9.17) is 0 Å². The van der Waals surface area contributed by atoms with Gasteiger partial charge in [-0.05, 0) is 6.92 Å². The second kappa shape index (κ2) is 5.24. The number of anilines is 1. The Bertz CT molecular complexity index is 670. The number of nitrogens with zero attached hydrogens (tertiary/aromatic N) is 3. The molecule has 0 aliphatic rings. The molecule has 106 valence electrons. The van der Waals surface area contributed by atoms with Crippen LogP contribution in [-0.4, -0.2) is 14.7 Å². The molecular weight excluding hydrogens is 270 g/mol. The Kier molecular flexibility index (Phi) is 3.64. The lowest BCUT2D eigenvalue weighted by Gasteiger charge is -2.08. The summed E-state index contributed by atoms with van der Waals surface area (Å²) in [6, 6.07) is 1.28. The van der Waals surface area contributed by atoms with Crippen LogP contribution in [0.25, 0.3) is 0 Å². The zero-order valence-corrected chi connectivity index (χ0v) is 10.9. The molecule has 0 unspecified atom stereocenters. The molecule has 0 saturated heterocycles. The molecule has 0 fully saturated rings. The van der Waals surface area contributed by atoms with Crippen LogP contribution in [0.5, 0.6) is 0 Å². The van der Waals surface area contributed by atoms with Gasteiger partial charge in [-0.3, -0.25) is 14.8 Å². The molecule has 6 nitrogen and oxygen atoms in total. The summed E-state index contributed by atoms with van der Waals surface area (Å²) in [6.07, 6.45) is 1.58. The molecule has 0 radical (unpaired) electrons. The highest BCUT2D eigenvalue weighted by atomic mass is 19.1. The van der Waals surface area contributed by atoms with E-state index < -0.39 is 22.2 Å². The number of benzene rings is 1. The number of hydrogen-bond acceptors (Lipinski definition) is 4. The molecule has 2 aromatic rings. The normalized spacial score (nSPS) is 10.6. The molecule has 20 heavy (non-hydrogen) atoms. The Labute approximate surface area is 113 Å². The highest BCUT2D eigenvalue weighted by molar-refractivity contribution is 5.62. The van der Waals surface area contributed by atoms with E-state index in [1.165, 1.54) is 0 Å². The maximum atomic E-state index is 13.7. The fourth-order valence-electron chi connectivity index (χ4n) is 1.78. The third-order valence-corrected chi connectivity index (χ3v) is 3.02. The molecule has 0 spiro atoms.